The Morgan fingerprint density at radius 1 is 1.21 bits per heavy atom. The molecule has 1 heterocycles. The first-order valence-corrected chi connectivity index (χ1v) is 8.16. The minimum atomic E-state index is -1.89. The Morgan fingerprint density at radius 3 is 2.50 bits per heavy atom. The van der Waals surface area contributed by atoms with E-state index in [2.05, 4.69) is 19.2 Å². The topological polar surface area (TPSA) is 66.4 Å². The van der Waals surface area contributed by atoms with Crippen LogP contribution >= 0.6 is 11.6 Å². The van der Waals surface area contributed by atoms with Gasteiger partial charge in [-0.1, -0.05) is 49.7 Å². The molecular formula is C19H18ClNO3. The predicted molar refractivity (Wildman–Crippen MR) is 93.5 cm³/mol. The summed E-state index contributed by atoms with van der Waals surface area (Å²) >= 11 is 5.96. The number of hydrogen-bond acceptors (Lipinski definition) is 3. The zero-order valence-electron chi connectivity index (χ0n) is 13.5. The first-order valence-electron chi connectivity index (χ1n) is 7.78. The number of hydrogen-bond donors (Lipinski definition) is 2. The van der Waals surface area contributed by atoms with Crippen molar-refractivity contribution in [3.05, 3.63) is 64.2 Å². The number of anilines is 1. The van der Waals surface area contributed by atoms with Gasteiger partial charge in [0, 0.05) is 21.8 Å². The normalized spacial score (nSPS) is 19.3. The van der Waals surface area contributed by atoms with E-state index >= 15 is 0 Å². The lowest BCUT2D eigenvalue weighted by Crippen LogP contribution is -2.36. The number of nitrogens with one attached hydrogen (secondary N) is 1. The second-order valence-electron chi connectivity index (χ2n) is 6.38. The highest BCUT2D eigenvalue weighted by atomic mass is 35.5. The van der Waals surface area contributed by atoms with Gasteiger partial charge in [-0.05, 0) is 29.7 Å². The number of benzene rings is 2. The van der Waals surface area contributed by atoms with Crippen molar-refractivity contribution < 1.29 is 14.7 Å². The summed E-state index contributed by atoms with van der Waals surface area (Å²) in [6.45, 7) is 4.15. The summed E-state index contributed by atoms with van der Waals surface area (Å²) in [6, 6.07) is 12.0. The Labute approximate surface area is 145 Å². The summed E-state index contributed by atoms with van der Waals surface area (Å²) < 4.78 is 0. The average Bonchev–Trinajstić information content (AvgIpc) is 2.78. The molecule has 124 valence electrons. The highest BCUT2D eigenvalue weighted by molar-refractivity contribution is 6.31. The molecule has 0 fully saturated rings. The van der Waals surface area contributed by atoms with Crippen LogP contribution in [-0.2, 0) is 10.4 Å². The molecule has 2 N–H and O–H groups in total. The van der Waals surface area contributed by atoms with Crippen LogP contribution in [-0.4, -0.2) is 16.8 Å². The van der Waals surface area contributed by atoms with Crippen LogP contribution in [0.4, 0.5) is 5.69 Å². The van der Waals surface area contributed by atoms with Crippen LogP contribution in [0, 0.1) is 0 Å². The molecule has 0 bridgehead atoms. The van der Waals surface area contributed by atoms with Crippen molar-refractivity contribution in [1.29, 1.82) is 0 Å². The van der Waals surface area contributed by atoms with Gasteiger partial charge < -0.3 is 10.4 Å². The monoisotopic (exact) mass is 343 g/mol. The number of amides is 1. The van der Waals surface area contributed by atoms with Gasteiger partial charge in [-0.25, -0.2) is 0 Å². The zero-order chi connectivity index (χ0) is 17.5. The number of carbonyl (C=O) groups is 2. The van der Waals surface area contributed by atoms with Crippen molar-refractivity contribution in [2.24, 2.45) is 0 Å². The van der Waals surface area contributed by atoms with Gasteiger partial charge in [0.1, 0.15) is 0 Å². The molecular weight excluding hydrogens is 326 g/mol. The highest BCUT2D eigenvalue weighted by Crippen LogP contribution is 2.40. The van der Waals surface area contributed by atoms with Crippen molar-refractivity contribution in [3.63, 3.8) is 0 Å². The lowest BCUT2D eigenvalue weighted by atomic mass is 9.87. The van der Waals surface area contributed by atoms with Gasteiger partial charge in [-0.15, -0.1) is 0 Å². The molecule has 5 heteroatoms. The third-order valence-corrected chi connectivity index (χ3v) is 4.60. The van der Waals surface area contributed by atoms with Crippen molar-refractivity contribution in [3.8, 4) is 0 Å². The molecule has 0 aromatic heterocycles. The molecule has 4 nitrogen and oxygen atoms in total. The Kier molecular flexibility index (Phi) is 4.20. The number of Topliss-reactive ketones (excluding diaryl/α,β-unsaturated/α-hetero) is 1. The number of halogens is 1. The van der Waals surface area contributed by atoms with Crippen molar-refractivity contribution in [2.75, 3.05) is 5.32 Å². The molecule has 2 aromatic carbocycles. The van der Waals surface area contributed by atoms with Crippen LogP contribution in [0.15, 0.2) is 42.5 Å². The van der Waals surface area contributed by atoms with Gasteiger partial charge in [0.15, 0.2) is 11.4 Å². The summed E-state index contributed by atoms with van der Waals surface area (Å²) in [6.07, 6.45) is -0.326. The molecule has 2 aromatic rings. The van der Waals surface area contributed by atoms with Crippen LogP contribution in [0.5, 0.6) is 0 Å². The molecule has 0 spiro atoms. The number of ketones is 1. The van der Waals surface area contributed by atoms with E-state index in [1.165, 1.54) is 6.07 Å². The number of aliphatic hydroxyl groups is 1. The van der Waals surface area contributed by atoms with Gasteiger partial charge in [0.2, 0.25) is 0 Å². The maximum Gasteiger partial charge on any atom is 0.261 e. The number of rotatable bonds is 4. The maximum absolute atomic E-state index is 12.6. The third kappa shape index (κ3) is 2.83. The molecule has 0 aliphatic carbocycles. The first kappa shape index (κ1) is 16.7. The van der Waals surface area contributed by atoms with Gasteiger partial charge >= 0.3 is 0 Å². The fourth-order valence-corrected chi connectivity index (χ4v) is 3.05. The molecule has 1 aliphatic heterocycles. The van der Waals surface area contributed by atoms with Crippen molar-refractivity contribution >= 4 is 29.0 Å². The lowest BCUT2D eigenvalue weighted by Gasteiger charge is -2.20. The fraction of sp³-hybridized carbons (Fsp3) is 0.263. The molecule has 24 heavy (non-hydrogen) atoms. The Balaban J connectivity index is 1.89. The van der Waals surface area contributed by atoms with Crippen LogP contribution < -0.4 is 5.32 Å². The van der Waals surface area contributed by atoms with Gasteiger partial charge in [-0.2, -0.15) is 0 Å². The molecule has 0 saturated heterocycles. The lowest BCUT2D eigenvalue weighted by molar-refractivity contribution is -0.133. The van der Waals surface area contributed by atoms with Gasteiger partial charge in [0.05, 0.1) is 6.42 Å². The summed E-state index contributed by atoms with van der Waals surface area (Å²) in [5.41, 5.74) is 0.521. The van der Waals surface area contributed by atoms with E-state index < -0.39 is 11.5 Å². The molecule has 1 unspecified atom stereocenters. The maximum atomic E-state index is 12.6. The Hall–Kier alpha value is -2.17. The summed E-state index contributed by atoms with van der Waals surface area (Å²) in [5.74, 6) is -0.532. The second-order valence-corrected chi connectivity index (χ2v) is 6.82. The minimum Gasteiger partial charge on any atom is -0.375 e. The minimum absolute atomic E-state index is 0.296. The Morgan fingerprint density at radius 2 is 1.88 bits per heavy atom. The molecule has 0 radical (unpaired) electrons. The largest absolute Gasteiger partial charge is 0.375 e. The smallest absolute Gasteiger partial charge is 0.261 e. The van der Waals surface area contributed by atoms with Crippen molar-refractivity contribution in [1.82, 2.24) is 0 Å². The van der Waals surface area contributed by atoms with E-state index in [4.69, 9.17) is 11.6 Å². The summed E-state index contributed by atoms with van der Waals surface area (Å²) in [7, 11) is 0. The molecule has 1 aliphatic rings. The molecule has 1 amide bonds. The predicted octanol–water partition coefficient (Wildman–Crippen LogP) is 3.88. The molecule has 1 atom stereocenters. The van der Waals surface area contributed by atoms with Crippen LogP contribution in [0.3, 0.4) is 0 Å². The summed E-state index contributed by atoms with van der Waals surface area (Å²) in [5, 5.41) is 13.8. The van der Waals surface area contributed by atoms with Crippen LogP contribution in [0.2, 0.25) is 5.02 Å². The molecule has 3 rings (SSSR count). The van der Waals surface area contributed by atoms with E-state index in [0.29, 0.717) is 27.8 Å². The fourth-order valence-electron chi connectivity index (χ4n) is 2.88. The standard InChI is InChI=1S/C19H18ClNO3/c1-11(2)12-3-5-13(6-4-12)17(22)10-19(24)15-9-14(20)7-8-16(15)21-18(19)23/h3-9,11,24H,10H2,1-2H3,(H,21,23). The Bertz CT molecular complexity index is 814. The summed E-state index contributed by atoms with van der Waals surface area (Å²) in [4.78, 5) is 24.8. The number of fused-ring (bicyclic) bond motifs is 1. The van der Waals surface area contributed by atoms with Crippen LogP contribution in [0.25, 0.3) is 0 Å². The van der Waals surface area contributed by atoms with Gasteiger partial charge in [-0.3, -0.25) is 9.59 Å². The number of carbonyl (C=O) groups excluding carboxylic acids is 2. The van der Waals surface area contributed by atoms with E-state index in [0.717, 1.165) is 5.56 Å². The molecule has 0 saturated carbocycles. The first-order chi connectivity index (χ1) is 11.3. The van der Waals surface area contributed by atoms with E-state index in [-0.39, 0.29) is 12.2 Å². The van der Waals surface area contributed by atoms with E-state index in [1.54, 1.807) is 24.3 Å². The third-order valence-electron chi connectivity index (χ3n) is 4.37. The zero-order valence-corrected chi connectivity index (χ0v) is 14.2. The highest BCUT2D eigenvalue weighted by Gasteiger charge is 2.46. The quantitative estimate of drug-likeness (QED) is 0.828. The average molecular weight is 344 g/mol. The van der Waals surface area contributed by atoms with Crippen LogP contribution in [0.1, 0.15) is 47.7 Å². The van der Waals surface area contributed by atoms with Crippen molar-refractivity contribution in [2.45, 2.75) is 31.8 Å². The van der Waals surface area contributed by atoms with E-state index in [1.807, 2.05) is 12.1 Å². The second kappa shape index (κ2) is 6.04. The SMILES string of the molecule is CC(C)c1ccc(C(=O)CC2(O)C(=O)Nc3ccc(Cl)cc32)cc1. The van der Waals surface area contributed by atoms with E-state index in [9.17, 15) is 14.7 Å². The van der Waals surface area contributed by atoms with Gasteiger partial charge in [0.25, 0.3) is 5.91 Å².